The second-order valence-corrected chi connectivity index (χ2v) is 5.03. The van der Waals surface area contributed by atoms with Crippen molar-refractivity contribution in [1.82, 2.24) is 10.2 Å². The van der Waals surface area contributed by atoms with E-state index in [2.05, 4.69) is 5.32 Å². The molecule has 0 saturated carbocycles. The lowest BCUT2D eigenvalue weighted by atomic mass is 10.1. The lowest BCUT2D eigenvalue weighted by Gasteiger charge is -2.21. The Balaban J connectivity index is 1.65. The third-order valence-electron chi connectivity index (χ3n) is 3.59. The number of likely N-dealkylation sites (N-methyl/N-ethyl adjacent to an activating group) is 1. The van der Waals surface area contributed by atoms with Crippen molar-refractivity contribution >= 4 is 5.91 Å². The molecule has 0 unspecified atom stereocenters. The summed E-state index contributed by atoms with van der Waals surface area (Å²) in [6, 6.07) is 5.79. The van der Waals surface area contributed by atoms with E-state index in [0.717, 1.165) is 36.4 Å². The van der Waals surface area contributed by atoms with Crippen LogP contribution in [0.15, 0.2) is 18.2 Å². The van der Waals surface area contributed by atoms with E-state index < -0.39 is 0 Å². The summed E-state index contributed by atoms with van der Waals surface area (Å²) in [5.74, 6) is 1.70. The molecule has 1 amide bonds. The third-order valence-corrected chi connectivity index (χ3v) is 3.59. The van der Waals surface area contributed by atoms with Crippen molar-refractivity contribution in [1.29, 1.82) is 0 Å². The van der Waals surface area contributed by atoms with Crippen LogP contribution >= 0.6 is 0 Å². The first-order valence-corrected chi connectivity index (χ1v) is 6.61. The third kappa shape index (κ3) is 2.51. The molecule has 2 heterocycles. The molecule has 1 aromatic rings. The smallest absolute Gasteiger partial charge is 0.239 e. The summed E-state index contributed by atoms with van der Waals surface area (Å²) >= 11 is 0. The minimum atomic E-state index is -0.0148. The predicted molar refractivity (Wildman–Crippen MR) is 70.1 cm³/mol. The SMILES string of the molecule is CN(Cc1ccc2c(c1)OCO2)C(=O)[C@H]1CCCN1. The second kappa shape index (κ2) is 5.09. The van der Waals surface area contributed by atoms with Crippen LogP contribution in [0.2, 0.25) is 0 Å². The summed E-state index contributed by atoms with van der Waals surface area (Å²) in [5, 5.41) is 3.23. The summed E-state index contributed by atoms with van der Waals surface area (Å²) in [6.45, 7) is 1.81. The fourth-order valence-corrected chi connectivity index (χ4v) is 2.55. The highest BCUT2D eigenvalue weighted by molar-refractivity contribution is 5.81. The molecule has 1 N–H and O–H groups in total. The molecule has 0 aliphatic carbocycles. The summed E-state index contributed by atoms with van der Waals surface area (Å²) in [6.07, 6.45) is 2.01. The summed E-state index contributed by atoms with van der Waals surface area (Å²) < 4.78 is 10.6. The molecule has 3 rings (SSSR count). The lowest BCUT2D eigenvalue weighted by molar-refractivity contribution is -0.132. The van der Waals surface area contributed by atoms with Gasteiger partial charge in [-0.3, -0.25) is 4.79 Å². The monoisotopic (exact) mass is 262 g/mol. The van der Waals surface area contributed by atoms with E-state index in [-0.39, 0.29) is 18.7 Å². The van der Waals surface area contributed by atoms with Crippen molar-refractivity contribution in [2.75, 3.05) is 20.4 Å². The molecule has 19 heavy (non-hydrogen) atoms. The molecule has 1 fully saturated rings. The average Bonchev–Trinajstić information content (AvgIpc) is 3.08. The van der Waals surface area contributed by atoms with Crippen molar-refractivity contribution in [2.24, 2.45) is 0 Å². The van der Waals surface area contributed by atoms with Crippen molar-refractivity contribution in [3.05, 3.63) is 23.8 Å². The maximum Gasteiger partial charge on any atom is 0.239 e. The van der Waals surface area contributed by atoms with E-state index in [4.69, 9.17) is 9.47 Å². The molecule has 1 atom stereocenters. The van der Waals surface area contributed by atoms with Crippen LogP contribution in [0.1, 0.15) is 18.4 Å². The van der Waals surface area contributed by atoms with E-state index >= 15 is 0 Å². The Kier molecular flexibility index (Phi) is 3.29. The molecule has 1 saturated heterocycles. The topological polar surface area (TPSA) is 50.8 Å². The number of nitrogens with one attached hydrogen (secondary N) is 1. The van der Waals surface area contributed by atoms with Crippen LogP contribution in [0.5, 0.6) is 11.5 Å². The molecule has 0 bridgehead atoms. The number of fused-ring (bicyclic) bond motifs is 1. The van der Waals surface area contributed by atoms with Crippen LogP contribution in [-0.4, -0.2) is 37.2 Å². The first-order valence-electron chi connectivity index (χ1n) is 6.61. The van der Waals surface area contributed by atoms with Crippen LogP contribution in [0.3, 0.4) is 0 Å². The van der Waals surface area contributed by atoms with E-state index in [1.54, 1.807) is 4.90 Å². The molecule has 5 heteroatoms. The van der Waals surface area contributed by atoms with Crippen molar-refractivity contribution in [2.45, 2.75) is 25.4 Å². The Labute approximate surface area is 112 Å². The zero-order chi connectivity index (χ0) is 13.2. The standard InChI is InChI=1S/C14H18N2O3/c1-16(14(17)11-3-2-6-15-11)8-10-4-5-12-13(7-10)19-9-18-12/h4-5,7,11,15H,2-3,6,8-9H2,1H3/t11-/m1/s1. The van der Waals surface area contributed by atoms with Crippen molar-refractivity contribution in [3.63, 3.8) is 0 Å². The molecule has 5 nitrogen and oxygen atoms in total. The first-order chi connectivity index (χ1) is 9.24. The Hall–Kier alpha value is -1.75. The fourth-order valence-electron chi connectivity index (χ4n) is 2.55. The molecular formula is C14H18N2O3. The summed E-state index contributed by atoms with van der Waals surface area (Å²) in [4.78, 5) is 14.0. The van der Waals surface area contributed by atoms with Gasteiger partial charge < -0.3 is 19.7 Å². The minimum absolute atomic E-state index is 0.0148. The lowest BCUT2D eigenvalue weighted by Crippen LogP contribution is -2.41. The Morgan fingerprint density at radius 3 is 3.05 bits per heavy atom. The van der Waals surface area contributed by atoms with Gasteiger partial charge >= 0.3 is 0 Å². The number of amides is 1. The van der Waals surface area contributed by atoms with Crippen LogP contribution in [0, 0.1) is 0 Å². The van der Waals surface area contributed by atoms with Gasteiger partial charge in [0.1, 0.15) is 0 Å². The largest absolute Gasteiger partial charge is 0.454 e. The molecule has 102 valence electrons. The number of nitrogens with zero attached hydrogens (tertiary/aromatic N) is 1. The normalized spacial score (nSPS) is 20.6. The summed E-state index contributed by atoms with van der Waals surface area (Å²) in [7, 11) is 1.84. The van der Waals surface area contributed by atoms with E-state index in [1.807, 2.05) is 25.2 Å². The summed E-state index contributed by atoms with van der Waals surface area (Å²) in [5.41, 5.74) is 1.05. The highest BCUT2D eigenvalue weighted by Gasteiger charge is 2.25. The van der Waals surface area contributed by atoms with Gasteiger partial charge in [0, 0.05) is 13.6 Å². The average molecular weight is 262 g/mol. The number of rotatable bonds is 3. The maximum absolute atomic E-state index is 12.2. The van der Waals surface area contributed by atoms with Gasteiger partial charge in [-0.15, -0.1) is 0 Å². The van der Waals surface area contributed by atoms with Gasteiger partial charge in [-0.25, -0.2) is 0 Å². The molecule has 1 aromatic carbocycles. The second-order valence-electron chi connectivity index (χ2n) is 5.03. The van der Waals surface area contributed by atoms with E-state index in [0.29, 0.717) is 6.54 Å². The van der Waals surface area contributed by atoms with Crippen LogP contribution in [-0.2, 0) is 11.3 Å². The Morgan fingerprint density at radius 1 is 1.42 bits per heavy atom. The number of hydrogen-bond acceptors (Lipinski definition) is 4. The Morgan fingerprint density at radius 2 is 2.26 bits per heavy atom. The predicted octanol–water partition coefficient (Wildman–Crippen LogP) is 1.13. The molecule has 2 aliphatic rings. The fraction of sp³-hybridized carbons (Fsp3) is 0.500. The zero-order valence-corrected chi connectivity index (χ0v) is 11.0. The van der Waals surface area contributed by atoms with Crippen LogP contribution in [0.4, 0.5) is 0 Å². The maximum atomic E-state index is 12.2. The zero-order valence-electron chi connectivity index (χ0n) is 11.0. The minimum Gasteiger partial charge on any atom is -0.454 e. The van der Waals surface area contributed by atoms with E-state index in [1.165, 1.54) is 0 Å². The molecule has 0 aromatic heterocycles. The molecule has 2 aliphatic heterocycles. The van der Waals surface area contributed by atoms with Gasteiger partial charge in [-0.05, 0) is 37.1 Å². The van der Waals surface area contributed by atoms with Crippen molar-refractivity contribution < 1.29 is 14.3 Å². The van der Waals surface area contributed by atoms with Gasteiger partial charge in [0.2, 0.25) is 12.7 Å². The first kappa shape index (κ1) is 12.3. The van der Waals surface area contributed by atoms with Gasteiger partial charge in [-0.1, -0.05) is 6.07 Å². The van der Waals surface area contributed by atoms with Gasteiger partial charge in [-0.2, -0.15) is 0 Å². The van der Waals surface area contributed by atoms with Crippen LogP contribution in [0.25, 0.3) is 0 Å². The highest BCUT2D eigenvalue weighted by Crippen LogP contribution is 2.32. The number of hydrogen-bond donors (Lipinski definition) is 1. The van der Waals surface area contributed by atoms with Gasteiger partial charge in [0.05, 0.1) is 6.04 Å². The molecule has 0 radical (unpaired) electrons. The number of carbonyl (C=O) groups excluding carboxylic acids is 1. The van der Waals surface area contributed by atoms with Gasteiger partial charge in [0.25, 0.3) is 0 Å². The number of carbonyl (C=O) groups is 1. The molecule has 0 spiro atoms. The molecular weight excluding hydrogens is 244 g/mol. The highest BCUT2D eigenvalue weighted by atomic mass is 16.7. The number of benzene rings is 1. The Bertz CT molecular complexity index is 484. The van der Waals surface area contributed by atoms with Gasteiger partial charge in [0.15, 0.2) is 11.5 Å². The number of ether oxygens (including phenoxy) is 2. The van der Waals surface area contributed by atoms with E-state index in [9.17, 15) is 4.79 Å². The quantitative estimate of drug-likeness (QED) is 0.887. The van der Waals surface area contributed by atoms with Crippen LogP contribution < -0.4 is 14.8 Å². The van der Waals surface area contributed by atoms with Crippen molar-refractivity contribution in [3.8, 4) is 11.5 Å².